The highest BCUT2D eigenvalue weighted by molar-refractivity contribution is 7.89. The van der Waals surface area contributed by atoms with Crippen molar-refractivity contribution >= 4 is 33.7 Å². The SMILES string of the molecule is COC(=O)C1(C)C[C@@H](NC(=O)OC(C)(C)C)CN1S(=O)(=O)c1cccc(Cl)c1. The van der Waals surface area contributed by atoms with E-state index in [0.29, 0.717) is 0 Å². The van der Waals surface area contributed by atoms with Crippen LogP contribution in [0, 0.1) is 0 Å². The molecular formula is C18H25ClN2O6S. The molecule has 1 aliphatic heterocycles. The van der Waals surface area contributed by atoms with Gasteiger partial charge in [0.05, 0.1) is 12.0 Å². The molecule has 0 saturated carbocycles. The van der Waals surface area contributed by atoms with Crippen molar-refractivity contribution in [3.63, 3.8) is 0 Å². The van der Waals surface area contributed by atoms with Crippen LogP contribution in [0.15, 0.2) is 29.2 Å². The van der Waals surface area contributed by atoms with Gasteiger partial charge in [-0.25, -0.2) is 13.2 Å². The molecule has 1 aromatic rings. The van der Waals surface area contributed by atoms with Gasteiger partial charge >= 0.3 is 12.1 Å². The summed E-state index contributed by atoms with van der Waals surface area (Å²) in [5, 5.41) is 2.89. The number of hydrogen-bond donors (Lipinski definition) is 1. The third-order valence-electron chi connectivity index (χ3n) is 4.31. The van der Waals surface area contributed by atoms with Crippen LogP contribution >= 0.6 is 11.6 Å². The van der Waals surface area contributed by atoms with Gasteiger partial charge in [0.2, 0.25) is 10.0 Å². The van der Waals surface area contributed by atoms with E-state index in [1.165, 1.54) is 32.2 Å². The highest BCUT2D eigenvalue weighted by Crippen LogP contribution is 2.36. The molecule has 1 N–H and O–H groups in total. The number of alkyl carbamates (subject to hydrolysis) is 1. The minimum atomic E-state index is -4.07. The monoisotopic (exact) mass is 432 g/mol. The van der Waals surface area contributed by atoms with Gasteiger partial charge in [-0.15, -0.1) is 0 Å². The molecule has 8 nitrogen and oxygen atoms in total. The van der Waals surface area contributed by atoms with Crippen molar-refractivity contribution in [3.05, 3.63) is 29.3 Å². The molecule has 2 rings (SSSR count). The smallest absolute Gasteiger partial charge is 0.407 e. The van der Waals surface area contributed by atoms with Gasteiger partial charge in [-0.05, 0) is 52.3 Å². The molecule has 1 fully saturated rings. The zero-order valence-electron chi connectivity index (χ0n) is 16.5. The molecule has 0 bridgehead atoms. The zero-order chi connectivity index (χ0) is 21.3. The summed E-state index contributed by atoms with van der Waals surface area (Å²) in [6.07, 6.45) is -0.648. The fourth-order valence-corrected chi connectivity index (χ4v) is 5.23. The second-order valence-electron chi connectivity index (χ2n) is 7.81. The molecular weight excluding hydrogens is 408 g/mol. The minimum absolute atomic E-state index is 0.0404. The number of amides is 1. The average molecular weight is 433 g/mol. The second-order valence-corrected chi connectivity index (χ2v) is 10.1. The van der Waals surface area contributed by atoms with Gasteiger partial charge < -0.3 is 14.8 Å². The minimum Gasteiger partial charge on any atom is -0.468 e. The van der Waals surface area contributed by atoms with Crippen LogP contribution in [-0.4, -0.2) is 55.6 Å². The molecule has 0 aromatic heterocycles. The van der Waals surface area contributed by atoms with Crippen LogP contribution in [0.5, 0.6) is 0 Å². The molecule has 1 heterocycles. The molecule has 0 aliphatic carbocycles. The Morgan fingerprint density at radius 1 is 1.32 bits per heavy atom. The van der Waals surface area contributed by atoms with E-state index in [1.54, 1.807) is 26.8 Å². The number of nitrogens with one attached hydrogen (secondary N) is 1. The topological polar surface area (TPSA) is 102 Å². The summed E-state index contributed by atoms with van der Waals surface area (Å²) in [4.78, 5) is 24.5. The summed E-state index contributed by atoms with van der Waals surface area (Å²) >= 11 is 5.93. The molecule has 1 saturated heterocycles. The lowest BCUT2D eigenvalue weighted by Crippen LogP contribution is -2.51. The molecule has 1 unspecified atom stereocenters. The third-order valence-corrected chi connectivity index (χ3v) is 6.53. The Morgan fingerprint density at radius 3 is 2.50 bits per heavy atom. The van der Waals surface area contributed by atoms with Gasteiger partial charge in [0.15, 0.2) is 0 Å². The predicted molar refractivity (Wildman–Crippen MR) is 104 cm³/mol. The highest BCUT2D eigenvalue weighted by Gasteiger charge is 2.54. The summed E-state index contributed by atoms with van der Waals surface area (Å²) in [6.45, 7) is 6.51. The predicted octanol–water partition coefficient (Wildman–Crippen LogP) is 2.56. The van der Waals surface area contributed by atoms with Gasteiger partial charge in [0.25, 0.3) is 0 Å². The molecule has 1 aliphatic rings. The number of carbonyl (C=O) groups excluding carboxylic acids is 2. The molecule has 0 spiro atoms. The Labute approximate surface area is 170 Å². The first kappa shape index (κ1) is 22.4. The first-order chi connectivity index (χ1) is 12.8. The van der Waals surface area contributed by atoms with E-state index in [1.807, 2.05) is 0 Å². The van der Waals surface area contributed by atoms with Crippen LogP contribution in [0.2, 0.25) is 5.02 Å². The van der Waals surface area contributed by atoms with Crippen LogP contribution in [0.4, 0.5) is 4.79 Å². The largest absolute Gasteiger partial charge is 0.468 e. The van der Waals surface area contributed by atoms with E-state index < -0.39 is 39.3 Å². The lowest BCUT2D eigenvalue weighted by molar-refractivity contribution is -0.149. The van der Waals surface area contributed by atoms with Gasteiger partial charge in [0.1, 0.15) is 11.1 Å². The van der Waals surface area contributed by atoms with Gasteiger partial charge in [-0.2, -0.15) is 4.31 Å². The van der Waals surface area contributed by atoms with E-state index in [-0.39, 0.29) is 22.9 Å². The van der Waals surface area contributed by atoms with Crippen LogP contribution in [0.1, 0.15) is 34.1 Å². The van der Waals surface area contributed by atoms with E-state index in [4.69, 9.17) is 21.1 Å². The van der Waals surface area contributed by atoms with Crippen LogP contribution in [-0.2, 0) is 24.3 Å². The molecule has 1 aromatic carbocycles. The van der Waals surface area contributed by atoms with E-state index in [0.717, 1.165) is 4.31 Å². The molecule has 28 heavy (non-hydrogen) atoms. The molecule has 1 amide bonds. The maximum absolute atomic E-state index is 13.2. The number of benzene rings is 1. The number of ether oxygens (including phenoxy) is 2. The quantitative estimate of drug-likeness (QED) is 0.733. The highest BCUT2D eigenvalue weighted by atomic mass is 35.5. The Bertz CT molecular complexity index is 867. The number of sulfonamides is 1. The van der Waals surface area contributed by atoms with E-state index in [2.05, 4.69) is 5.32 Å². The lowest BCUT2D eigenvalue weighted by Gasteiger charge is -2.31. The molecule has 2 atom stereocenters. The number of halogens is 1. The van der Waals surface area contributed by atoms with E-state index >= 15 is 0 Å². The fourth-order valence-electron chi connectivity index (χ4n) is 3.14. The lowest BCUT2D eigenvalue weighted by atomic mass is 9.99. The van der Waals surface area contributed by atoms with Crippen molar-refractivity contribution in [2.75, 3.05) is 13.7 Å². The van der Waals surface area contributed by atoms with Crippen molar-refractivity contribution in [2.24, 2.45) is 0 Å². The normalized spacial score (nSPS) is 23.3. The standard InChI is InChI=1S/C18H25ClN2O6S/c1-17(2,3)27-16(23)20-13-10-18(4,15(22)26-5)21(11-13)28(24,25)14-8-6-7-12(19)9-14/h6-9,13H,10-11H2,1-5H3,(H,20,23)/t13-,18?/m1/s1. The maximum atomic E-state index is 13.2. The third kappa shape index (κ3) is 4.76. The van der Waals surface area contributed by atoms with Gasteiger partial charge in [0, 0.05) is 17.6 Å². The molecule has 10 heteroatoms. The van der Waals surface area contributed by atoms with Crippen molar-refractivity contribution in [3.8, 4) is 0 Å². The average Bonchev–Trinajstić information content (AvgIpc) is 2.90. The summed E-state index contributed by atoms with van der Waals surface area (Å²) < 4.78 is 37.5. The Hall–Kier alpha value is -1.84. The zero-order valence-corrected chi connectivity index (χ0v) is 18.1. The molecule has 0 radical (unpaired) electrons. The summed E-state index contributed by atoms with van der Waals surface area (Å²) in [5.41, 5.74) is -2.20. The molecule has 156 valence electrons. The first-order valence-corrected chi connectivity index (χ1v) is 10.5. The number of hydrogen-bond acceptors (Lipinski definition) is 6. The van der Waals surface area contributed by atoms with Crippen molar-refractivity contribution in [1.82, 2.24) is 9.62 Å². The number of carbonyl (C=O) groups is 2. The van der Waals surface area contributed by atoms with Crippen LogP contribution in [0.25, 0.3) is 0 Å². The summed E-state index contributed by atoms with van der Waals surface area (Å²) in [6, 6.07) is 5.14. The van der Waals surface area contributed by atoms with Crippen molar-refractivity contribution in [1.29, 1.82) is 0 Å². The van der Waals surface area contributed by atoms with Crippen LogP contribution < -0.4 is 5.32 Å². The maximum Gasteiger partial charge on any atom is 0.407 e. The number of nitrogens with zero attached hydrogens (tertiary/aromatic N) is 1. The first-order valence-electron chi connectivity index (χ1n) is 8.66. The Balaban J connectivity index is 2.35. The van der Waals surface area contributed by atoms with Gasteiger partial charge in [-0.3, -0.25) is 4.79 Å². The number of esters is 1. The summed E-state index contributed by atoms with van der Waals surface area (Å²) in [7, 11) is -2.88. The number of rotatable bonds is 4. The second kappa shape index (κ2) is 7.88. The Morgan fingerprint density at radius 2 is 1.96 bits per heavy atom. The van der Waals surface area contributed by atoms with Crippen molar-refractivity contribution in [2.45, 2.75) is 56.2 Å². The number of methoxy groups -OCH3 is 1. The fraction of sp³-hybridized carbons (Fsp3) is 0.556. The van der Waals surface area contributed by atoms with Crippen LogP contribution in [0.3, 0.4) is 0 Å². The van der Waals surface area contributed by atoms with E-state index in [9.17, 15) is 18.0 Å². The Kier molecular flexibility index (Phi) is 6.32. The summed E-state index contributed by atoms with van der Waals surface area (Å²) in [5.74, 6) is -0.716. The van der Waals surface area contributed by atoms with Crippen molar-refractivity contribution < 1.29 is 27.5 Å². The van der Waals surface area contributed by atoms with Gasteiger partial charge in [-0.1, -0.05) is 17.7 Å².